The molecule has 0 spiro atoms. The van der Waals surface area contributed by atoms with Crippen LogP contribution in [-0.4, -0.2) is 87.4 Å². The molecule has 0 saturated carbocycles. The molecule has 0 radical (unpaired) electrons. The van der Waals surface area contributed by atoms with E-state index in [0.29, 0.717) is 13.0 Å². The van der Waals surface area contributed by atoms with Crippen LogP contribution in [0, 0.1) is 18.8 Å². The summed E-state index contributed by atoms with van der Waals surface area (Å²) in [7, 11) is 6.59. The number of alkyl carbamates (subject to hydrolysis) is 1. The van der Waals surface area contributed by atoms with Gasteiger partial charge in [-0.2, -0.15) is 0 Å². The van der Waals surface area contributed by atoms with Crippen LogP contribution < -0.4 is 20.7 Å². The Morgan fingerprint density at radius 1 is 0.677 bits per heavy atom. The summed E-state index contributed by atoms with van der Waals surface area (Å²) in [5, 5.41) is 8.37. The number of aryl methyl sites for hydroxylation is 1. The van der Waals surface area contributed by atoms with Crippen LogP contribution in [0.4, 0.5) is 4.79 Å². The molecule has 0 aliphatic heterocycles. The van der Waals surface area contributed by atoms with Crippen LogP contribution in [0.1, 0.15) is 100 Å². The minimum Gasteiger partial charge on any atom is -0.494 e. The fraction of sp³-hybridized carbons (Fsp3) is 0.451. The van der Waals surface area contributed by atoms with Crippen molar-refractivity contribution in [2.45, 2.75) is 97.4 Å². The second kappa shape index (κ2) is 21.9. The van der Waals surface area contributed by atoms with E-state index in [1.165, 1.54) is 0 Å². The van der Waals surface area contributed by atoms with E-state index in [9.17, 15) is 19.2 Å². The monoisotopic (exact) mass is 848 g/mol. The van der Waals surface area contributed by atoms with Crippen molar-refractivity contribution in [3.05, 3.63) is 125 Å². The number of carbonyl (C=O) groups is 4. The summed E-state index contributed by atoms with van der Waals surface area (Å²) in [6, 6.07) is 28.5. The van der Waals surface area contributed by atoms with Crippen molar-refractivity contribution < 1.29 is 37.9 Å². The molecule has 0 bridgehead atoms. The second-order valence-corrected chi connectivity index (χ2v) is 18.3. The number of amides is 3. The fourth-order valence-corrected chi connectivity index (χ4v) is 7.72. The molecule has 332 valence electrons. The van der Waals surface area contributed by atoms with Crippen LogP contribution >= 0.6 is 0 Å². The van der Waals surface area contributed by atoms with Gasteiger partial charge in [-0.1, -0.05) is 118 Å². The Balaban J connectivity index is 1.18. The van der Waals surface area contributed by atoms with Crippen LogP contribution in [0.2, 0.25) is 0 Å². The van der Waals surface area contributed by atoms with Crippen molar-refractivity contribution in [1.29, 1.82) is 0 Å². The maximum Gasteiger partial charge on any atom is 0.407 e. The van der Waals surface area contributed by atoms with Crippen LogP contribution in [0.15, 0.2) is 97.1 Å². The zero-order valence-electron chi connectivity index (χ0n) is 38.0. The molecule has 0 saturated heterocycles. The van der Waals surface area contributed by atoms with Gasteiger partial charge >= 0.3 is 12.1 Å². The van der Waals surface area contributed by atoms with Gasteiger partial charge < -0.3 is 34.6 Å². The zero-order valence-corrected chi connectivity index (χ0v) is 38.0. The fourth-order valence-electron chi connectivity index (χ4n) is 7.72. The average molecular weight is 848 g/mol. The topological polar surface area (TPSA) is 132 Å². The number of fused-ring (bicyclic) bond motifs is 3. The molecule has 1 aliphatic rings. The smallest absolute Gasteiger partial charge is 0.407 e. The number of quaternary nitrogens is 1. The van der Waals surface area contributed by atoms with Crippen molar-refractivity contribution in [2.75, 3.05) is 40.9 Å². The third-order valence-electron chi connectivity index (χ3n) is 11.2. The molecule has 4 aromatic carbocycles. The first kappa shape index (κ1) is 47.4. The van der Waals surface area contributed by atoms with Crippen molar-refractivity contribution in [3.8, 4) is 16.9 Å². The molecular formula is C51H67N4O7+. The first-order chi connectivity index (χ1) is 29.5. The molecule has 3 N–H and O–H groups in total. The van der Waals surface area contributed by atoms with Crippen LogP contribution in [0.25, 0.3) is 11.1 Å². The van der Waals surface area contributed by atoms with Gasteiger partial charge in [0.2, 0.25) is 11.8 Å². The molecule has 1 aliphatic carbocycles. The van der Waals surface area contributed by atoms with Gasteiger partial charge in [-0.25, -0.2) is 9.59 Å². The standard InChI is InChI=1S/C51H66N4O7/c1-33(2)31-45(53-49(57)46(34(3)4)54-51(59)61-32-44-42-19-13-11-17-40(42)41-18-12-14-20-43(41)44)48(56)52-36(6)50(58)62-47(37-23-21-35(5)22-24-37)38-25-27-39(28-26-38)60-30-16-10-15-29-55(7,8)9/h11-14,17-28,33-34,36,44-47H,10,15-16,29-32H2,1-9H3,(H2-,52,53,54,56,57,59)/p+1. The predicted molar refractivity (Wildman–Crippen MR) is 244 cm³/mol. The predicted octanol–water partition coefficient (Wildman–Crippen LogP) is 8.48. The number of carbonyl (C=O) groups excluding carboxylic acids is 4. The third-order valence-corrected chi connectivity index (χ3v) is 11.2. The number of esters is 1. The van der Waals surface area contributed by atoms with Gasteiger partial charge in [0, 0.05) is 5.92 Å². The van der Waals surface area contributed by atoms with E-state index in [1.807, 2.05) is 120 Å². The molecule has 11 heteroatoms. The van der Waals surface area contributed by atoms with E-state index in [2.05, 4.69) is 49.2 Å². The van der Waals surface area contributed by atoms with Gasteiger partial charge in [-0.3, -0.25) is 9.59 Å². The Hall–Kier alpha value is -5.68. The highest BCUT2D eigenvalue weighted by atomic mass is 16.6. The number of unbranched alkanes of at least 4 members (excludes halogenated alkanes) is 2. The lowest BCUT2D eigenvalue weighted by Gasteiger charge is -2.27. The Bertz CT molecular complexity index is 2060. The molecule has 4 atom stereocenters. The molecule has 4 unspecified atom stereocenters. The number of nitrogens with one attached hydrogen (secondary N) is 3. The molecule has 11 nitrogen and oxygen atoms in total. The first-order valence-corrected chi connectivity index (χ1v) is 22.0. The van der Waals surface area contributed by atoms with E-state index < -0.39 is 48.1 Å². The summed E-state index contributed by atoms with van der Waals surface area (Å²) in [5.41, 5.74) is 6.99. The van der Waals surface area contributed by atoms with Crippen LogP contribution in [0.3, 0.4) is 0 Å². The molecule has 0 fully saturated rings. The Morgan fingerprint density at radius 2 is 1.26 bits per heavy atom. The Kier molecular flexibility index (Phi) is 16.7. The van der Waals surface area contributed by atoms with E-state index in [4.69, 9.17) is 14.2 Å². The summed E-state index contributed by atoms with van der Waals surface area (Å²) in [4.78, 5) is 54.6. The molecule has 4 aromatic rings. The average Bonchev–Trinajstić information content (AvgIpc) is 3.55. The Labute approximate surface area is 368 Å². The van der Waals surface area contributed by atoms with Crippen molar-refractivity contribution >= 4 is 23.9 Å². The van der Waals surface area contributed by atoms with Gasteiger partial charge in [0.15, 0.2) is 6.10 Å². The van der Waals surface area contributed by atoms with Crippen molar-refractivity contribution in [2.24, 2.45) is 11.8 Å². The number of ether oxygens (including phenoxy) is 3. The number of rotatable bonds is 21. The number of hydrogen-bond acceptors (Lipinski definition) is 7. The maximum atomic E-state index is 13.8. The highest BCUT2D eigenvalue weighted by molar-refractivity contribution is 5.93. The van der Waals surface area contributed by atoms with Gasteiger partial charge in [0.1, 0.15) is 30.5 Å². The first-order valence-electron chi connectivity index (χ1n) is 22.0. The third kappa shape index (κ3) is 13.4. The minimum atomic E-state index is -1.04. The summed E-state index contributed by atoms with van der Waals surface area (Å²) in [5.74, 6) is -1.41. The maximum absolute atomic E-state index is 13.8. The molecule has 62 heavy (non-hydrogen) atoms. The largest absolute Gasteiger partial charge is 0.494 e. The Morgan fingerprint density at radius 3 is 1.82 bits per heavy atom. The number of nitrogens with zero attached hydrogens (tertiary/aromatic N) is 1. The summed E-state index contributed by atoms with van der Waals surface area (Å²) in [6.07, 6.45) is 2.03. The number of hydrogen-bond donors (Lipinski definition) is 3. The highest BCUT2D eigenvalue weighted by Gasteiger charge is 2.33. The molecule has 3 amide bonds. The van der Waals surface area contributed by atoms with Gasteiger partial charge in [-0.15, -0.1) is 0 Å². The van der Waals surface area contributed by atoms with E-state index in [1.54, 1.807) is 6.92 Å². The van der Waals surface area contributed by atoms with Crippen molar-refractivity contribution in [1.82, 2.24) is 16.0 Å². The summed E-state index contributed by atoms with van der Waals surface area (Å²) >= 11 is 0. The minimum absolute atomic E-state index is 0.0200. The zero-order chi connectivity index (χ0) is 45.0. The van der Waals surface area contributed by atoms with Gasteiger partial charge in [0.25, 0.3) is 0 Å². The molecule has 0 heterocycles. The van der Waals surface area contributed by atoms with Crippen LogP contribution in [0.5, 0.6) is 5.75 Å². The van der Waals surface area contributed by atoms with E-state index >= 15 is 0 Å². The second-order valence-electron chi connectivity index (χ2n) is 18.3. The molecular weight excluding hydrogens is 781 g/mol. The SMILES string of the molecule is Cc1ccc(C(OC(=O)C(C)NC(=O)C(CC(C)C)NC(=O)C(NC(=O)OCC2c3ccccc3-c3ccccc32)C(C)C)c2ccc(OCCCCC[N+](C)(C)C)cc2)cc1. The normalized spacial score (nSPS) is 14.2. The van der Waals surface area contributed by atoms with Crippen molar-refractivity contribution in [3.63, 3.8) is 0 Å². The lowest BCUT2D eigenvalue weighted by Crippen LogP contribution is -2.57. The lowest BCUT2D eigenvalue weighted by atomic mass is 9.98. The summed E-state index contributed by atoms with van der Waals surface area (Å²) in [6.45, 7) is 12.9. The van der Waals surface area contributed by atoms with Crippen LogP contribution in [-0.2, 0) is 23.9 Å². The van der Waals surface area contributed by atoms with Gasteiger partial charge in [0.05, 0.1) is 34.3 Å². The number of benzene rings is 4. The quantitative estimate of drug-likeness (QED) is 0.0436. The highest BCUT2D eigenvalue weighted by Crippen LogP contribution is 2.44. The molecule has 5 rings (SSSR count). The van der Waals surface area contributed by atoms with E-state index in [-0.39, 0.29) is 24.4 Å². The molecule has 0 aromatic heterocycles. The van der Waals surface area contributed by atoms with E-state index in [0.717, 1.165) is 75.0 Å². The lowest BCUT2D eigenvalue weighted by molar-refractivity contribution is -0.870. The summed E-state index contributed by atoms with van der Waals surface area (Å²) < 4.78 is 18.8. The van der Waals surface area contributed by atoms with Gasteiger partial charge in [-0.05, 0) is 96.9 Å².